The molecule has 162 valence electrons. The summed E-state index contributed by atoms with van der Waals surface area (Å²) in [4.78, 5) is 2.31. The molecule has 1 aromatic heterocycles. The first kappa shape index (κ1) is 21.6. The minimum absolute atomic E-state index is 0.259. The molecule has 0 aliphatic carbocycles. The number of thiophene rings is 1. The predicted octanol–water partition coefficient (Wildman–Crippen LogP) is 7.83. The van der Waals surface area contributed by atoms with Crippen LogP contribution >= 0.6 is 18.5 Å². The maximum Gasteiger partial charge on any atom is 0.155 e. The molecule has 0 saturated heterocycles. The van der Waals surface area contributed by atoms with Gasteiger partial charge in [0.2, 0.25) is 0 Å². The molecular weight excluding hydrogens is 439 g/mol. The van der Waals surface area contributed by atoms with Crippen LogP contribution in [-0.4, -0.2) is 0 Å². The van der Waals surface area contributed by atoms with E-state index in [1.54, 1.807) is 11.3 Å². The van der Waals surface area contributed by atoms with E-state index in [0.29, 0.717) is 0 Å². The Balaban J connectivity index is 1.75. The lowest BCUT2D eigenvalue weighted by Gasteiger charge is -2.29. The van der Waals surface area contributed by atoms with E-state index in [1.807, 2.05) is 66.7 Å². The predicted molar refractivity (Wildman–Crippen MR) is 143 cm³/mol. The van der Waals surface area contributed by atoms with Crippen LogP contribution in [0, 0.1) is 6.92 Å². The summed E-state index contributed by atoms with van der Waals surface area (Å²) in [6.07, 6.45) is 0. The van der Waals surface area contributed by atoms with Crippen LogP contribution in [0.25, 0.3) is 10.4 Å². The summed E-state index contributed by atoms with van der Waals surface area (Å²) in [7, 11) is -3.06. The van der Waals surface area contributed by atoms with Crippen LogP contribution in [0.15, 0.2) is 127 Å². The topological polar surface area (TPSA) is 17.1 Å². The summed E-state index contributed by atoms with van der Waals surface area (Å²) < 4.78 is 15.4. The fraction of sp³-hybridized carbons (Fsp3) is 0.0667. The zero-order chi connectivity index (χ0) is 22.7. The lowest BCUT2D eigenvalue weighted by Crippen LogP contribution is -2.21. The van der Waals surface area contributed by atoms with Gasteiger partial charge < -0.3 is 4.57 Å². The highest BCUT2D eigenvalue weighted by Gasteiger charge is 2.39. The Bertz CT molecular complexity index is 1330. The number of hydrogen-bond donors (Lipinski definition) is 0. The van der Waals surface area contributed by atoms with Gasteiger partial charge >= 0.3 is 0 Å². The van der Waals surface area contributed by atoms with E-state index in [2.05, 4.69) is 67.6 Å². The first-order valence-corrected chi connectivity index (χ1v) is 13.7. The maximum absolute atomic E-state index is 15.4. The van der Waals surface area contributed by atoms with Gasteiger partial charge in [0, 0.05) is 20.4 Å². The maximum atomic E-state index is 15.4. The van der Waals surface area contributed by atoms with Crippen molar-refractivity contribution in [2.75, 3.05) is 0 Å². The van der Waals surface area contributed by atoms with Gasteiger partial charge in [-0.3, -0.25) is 0 Å². The van der Waals surface area contributed by atoms with Crippen molar-refractivity contribution >= 4 is 29.1 Å². The van der Waals surface area contributed by atoms with Gasteiger partial charge in [-0.05, 0) is 30.2 Å². The second-order valence-electron chi connectivity index (χ2n) is 8.21. The minimum Gasteiger partial charge on any atom is -0.313 e. The van der Waals surface area contributed by atoms with E-state index in [1.165, 1.54) is 16.0 Å². The zero-order valence-corrected chi connectivity index (χ0v) is 20.2. The highest BCUT2D eigenvalue weighted by molar-refractivity contribution is 7.79. The smallest absolute Gasteiger partial charge is 0.155 e. The van der Waals surface area contributed by atoms with Crippen LogP contribution in [0.4, 0.5) is 0 Å². The molecule has 1 nitrogen and oxygen atoms in total. The van der Waals surface area contributed by atoms with Crippen molar-refractivity contribution < 1.29 is 4.57 Å². The van der Waals surface area contributed by atoms with E-state index >= 15 is 4.57 Å². The summed E-state index contributed by atoms with van der Waals surface area (Å²) in [5.74, 6) is 0. The normalized spacial score (nSPS) is 12.4. The monoisotopic (exact) mass is 464 g/mol. The SMILES string of the molecule is Cc1ccc(C(c2ccc(-c3ccccc3)s2)P(=O)(c2ccccc2)c2ccccc2)cc1. The molecular formula is C30H25OPS. The first-order valence-electron chi connectivity index (χ1n) is 11.1. The average Bonchev–Trinajstić information content (AvgIpc) is 3.36. The fourth-order valence-electron chi connectivity index (χ4n) is 4.31. The summed E-state index contributed by atoms with van der Waals surface area (Å²) in [6, 6.07) is 43.2. The second-order valence-corrected chi connectivity index (χ2v) is 12.2. The van der Waals surface area contributed by atoms with Crippen molar-refractivity contribution in [2.45, 2.75) is 12.6 Å². The van der Waals surface area contributed by atoms with E-state index < -0.39 is 7.14 Å². The molecule has 5 rings (SSSR count). The van der Waals surface area contributed by atoms with Gasteiger partial charge in [0.05, 0.1) is 5.66 Å². The standard InChI is InChI=1S/C30H25OPS/c1-23-17-19-25(20-18-23)30(29-22-21-28(33-29)24-11-5-2-6-12-24)32(31,26-13-7-3-8-14-26)27-15-9-4-10-16-27/h2-22,30H,1H3. The minimum atomic E-state index is -3.06. The van der Waals surface area contributed by atoms with Crippen LogP contribution < -0.4 is 10.6 Å². The molecule has 0 bridgehead atoms. The van der Waals surface area contributed by atoms with Gasteiger partial charge in [-0.2, -0.15) is 0 Å². The highest BCUT2D eigenvalue weighted by Crippen LogP contribution is 2.61. The van der Waals surface area contributed by atoms with Gasteiger partial charge in [-0.1, -0.05) is 121 Å². The molecule has 0 radical (unpaired) electrons. The molecule has 0 fully saturated rings. The summed E-state index contributed by atoms with van der Waals surface area (Å²) in [5.41, 5.74) is 3.21. The van der Waals surface area contributed by atoms with E-state index in [-0.39, 0.29) is 5.66 Å². The van der Waals surface area contributed by atoms with Crippen LogP contribution in [0.1, 0.15) is 21.7 Å². The Hall–Kier alpha value is -3.19. The number of benzene rings is 4. The second kappa shape index (κ2) is 9.35. The van der Waals surface area contributed by atoms with Crippen molar-refractivity contribution in [3.05, 3.63) is 143 Å². The Morgan fingerprint density at radius 3 is 1.67 bits per heavy atom. The van der Waals surface area contributed by atoms with Crippen molar-refractivity contribution in [2.24, 2.45) is 0 Å². The number of hydrogen-bond acceptors (Lipinski definition) is 2. The Morgan fingerprint density at radius 2 is 1.12 bits per heavy atom. The average molecular weight is 465 g/mol. The van der Waals surface area contributed by atoms with Gasteiger partial charge in [-0.15, -0.1) is 11.3 Å². The molecule has 1 atom stereocenters. The van der Waals surface area contributed by atoms with Gasteiger partial charge in [0.25, 0.3) is 0 Å². The Morgan fingerprint density at radius 1 is 0.606 bits per heavy atom. The Labute approximate surface area is 199 Å². The zero-order valence-electron chi connectivity index (χ0n) is 18.5. The highest BCUT2D eigenvalue weighted by atomic mass is 32.1. The summed E-state index contributed by atoms with van der Waals surface area (Å²) >= 11 is 1.74. The molecule has 4 aromatic carbocycles. The third-order valence-corrected chi connectivity index (χ3v) is 10.8. The van der Waals surface area contributed by atoms with Crippen LogP contribution in [0.3, 0.4) is 0 Å². The Kier molecular flexibility index (Phi) is 6.13. The van der Waals surface area contributed by atoms with Crippen molar-refractivity contribution in [3.63, 3.8) is 0 Å². The molecule has 5 aromatic rings. The quantitative estimate of drug-likeness (QED) is 0.234. The van der Waals surface area contributed by atoms with E-state index in [0.717, 1.165) is 21.0 Å². The molecule has 0 saturated carbocycles. The third-order valence-electron chi connectivity index (χ3n) is 5.99. The third kappa shape index (κ3) is 4.25. The lowest BCUT2D eigenvalue weighted by molar-refractivity contribution is 0.583. The lowest BCUT2D eigenvalue weighted by atomic mass is 10.1. The van der Waals surface area contributed by atoms with Crippen LogP contribution in [-0.2, 0) is 4.57 Å². The van der Waals surface area contributed by atoms with E-state index in [4.69, 9.17) is 0 Å². The molecule has 1 heterocycles. The molecule has 0 aliphatic rings. The molecule has 3 heteroatoms. The van der Waals surface area contributed by atoms with Crippen molar-refractivity contribution in [1.82, 2.24) is 0 Å². The molecule has 0 N–H and O–H groups in total. The largest absolute Gasteiger partial charge is 0.313 e. The van der Waals surface area contributed by atoms with Gasteiger partial charge in [-0.25, -0.2) is 0 Å². The summed E-state index contributed by atoms with van der Waals surface area (Å²) in [6.45, 7) is 2.09. The van der Waals surface area contributed by atoms with E-state index in [9.17, 15) is 0 Å². The van der Waals surface area contributed by atoms with Crippen molar-refractivity contribution in [1.29, 1.82) is 0 Å². The molecule has 0 spiro atoms. The number of rotatable bonds is 6. The van der Waals surface area contributed by atoms with Crippen molar-refractivity contribution in [3.8, 4) is 10.4 Å². The van der Waals surface area contributed by atoms with Gasteiger partial charge in [0.1, 0.15) is 0 Å². The summed E-state index contributed by atoms with van der Waals surface area (Å²) in [5, 5.41) is 1.77. The fourth-order valence-corrected chi connectivity index (χ4v) is 9.10. The molecule has 33 heavy (non-hydrogen) atoms. The molecule has 1 unspecified atom stereocenters. The first-order chi connectivity index (χ1) is 16.2. The molecule has 0 aliphatic heterocycles. The van der Waals surface area contributed by atoms with Crippen LogP contribution in [0.5, 0.6) is 0 Å². The van der Waals surface area contributed by atoms with Crippen LogP contribution in [0.2, 0.25) is 0 Å². The molecule has 0 amide bonds. The van der Waals surface area contributed by atoms with Gasteiger partial charge in [0.15, 0.2) is 7.14 Å². The number of aryl methyl sites for hydroxylation is 1.